The lowest BCUT2D eigenvalue weighted by molar-refractivity contribution is -0.133. The van der Waals surface area contributed by atoms with Crippen molar-refractivity contribution in [2.75, 3.05) is 19.1 Å². The Kier molecular flexibility index (Phi) is 6.55. The summed E-state index contributed by atoms with van der Waals surface area (Å²) in [5, 5.41) is 15.5. The zero-order chi connectivity index (χ0) is 27.3. The average Bonchev–Trinajstić information content (AvgIpc) is 2.81. The highest BCUT2D eigenvalue weighted by Gasteiger charge is 2.46. The number of aliphatic carboxylic acids is 1. The number of Topliss-reactive ketones (excluding diaryl/α,β-unsaturated/α-hetero) is 1. The Morgan fingerprint density at radius 1 is 1.05 bits per heavy atom. The van der Waals surface area contributed by atoms with Gasteiger partial charge in [0.05, 0.1) is 30.6 Å². The number of carboxylic acid groups (broad SMARTS) is 1. The van der Waals surface area contributed by atoms with Gasteiger partial charge in [0.15, 0.2) is 17.3 Å². The van der Waals surface area contributed by atoms with Crippen LogP contribution in [-0.2, 0) is 19.6 Å². The minimum Gasteiger partial charge on any atom is -0.493 e. The Bertz CT molecular complexity index is 1460. The first-order valence-electron chi connectivity index (χ1n) is 11.4. The first kappa shape index (κ1) is 26.2. The van der Waals surface area contributed by atoms with Crippen molar-refractivity contribution in [3.05, 3.63) is 70.7 Å². The van der Waals surface area contributed by atoms with Gasteiger partial charge in [0, 0.05) is 23.4 Å². The summed E-state index contributed by atoms with van der Waals surface area (Å²) in [5.74, 6) is -1.65. The van der Waals surface area contributed by atoms with Crippen LogP contribution in [0.15, 0.2) is 70.0 Å². The van der Waals surface area contributed by atoms with Gasteiger partial charge in [-0.2, -0.15) is 0 Å². The number of carboxylic acids is 1. The molecule has 0 bridgehead atoms. The Balaban J connectivity index is 2.00. The number of carbonyl (C=O) groups excluding carboxylic acids is 1. The number of hydrogen-bond donors (Lipinski definition) is 3. The van der Waals surface area contributed by atoms with Crippen LogP contribution in [0.5, 0.6) is 11.5 Å². The quantitative estimate of drug-likeness (QED) is 0.513. The highest BCUT2D eigenvalue weighted by atomic mass is 32.2. The number of carbonyl (C=O) groups is 2. The van der Waals surface area contributed by atoms with E-state index in [1.807, 2.05) is 13.8 Å². The SMILES string of the molecule is COc1ccc(C2C(C(=O)O)=C(N)N(c3ccc(S(N)(=O)=O)cc3)C3=C2C(=O)CC(C)(C)C3)cc1OC. The number of primary sulfonamides is 1. The number of methoxy groups -OCH3 is 2. The van der Waals surface area contributed by atoms with E-state index in [1.54, 1.807) is 18.2 Å². The third-order valence-corrected chi connectivity index (χ3v) is 7.58. The van der Waals surface area contributed by atoms with Crippen LogP contribution in [0.1, 0.15) is 38.2 Å². The first-order valence-corrected chi connectivity index (χ1v) is 13.0. The number of anilines is 1. The van der Waals surface area contributed by atoms with Gasteiger partial charge in [-0.15, -0.1) is 0 Å². The summed E-state index contributed by atoms with van der Waals surface area (Å²) in [6.07, 6.45) is 0.656. The Hall–Kier alpha value is -3.83. The molecule has 37 heavy (non-hydrogen) atoms. The largest absolute Gasteiger partial charge is 0.493 e. The fraction of sp³-hybridized carbons (Fsp3) is 0.308. The molecular formula is C26H29N3O7S. The van der Waals surface area contributed by atoms with E-state index >= 15 is 0 Å². The summed E-state index contributed by atoms with van der Waals surface area (Å²) in [4.78, 5) is 27.7. The maximum absolute atomic E-state index is 13.7. The van der Waals surface area contributed by atoms with Gasteiger partial charge in [0.2, 0.25) is 10.0 Å². The van der Waals surface area contributed by atoms with Gasteiger partial charge in [-0.05, 0) is 53.8 Å². The van der Waals surface area contributed by atoms with Crippen molar-refractivity contribution in [3.8, 4) is 11.5 Å². The smallest absolute Gasteiger partial charge is 0.336 e. The molecule has 1 heterocycles. The molecule has 0 saturated heterocycles. The van der Waals surface area contributed by atoms with E-state index in [0.717, 1.165) is 0 Å². The molecule has 196 valence electrons. The summed E-state index contributed by atoms with van der Waals surface area (Å²) >= 11 is 0. The molecule has 0 amide bonds. The van der Waals surface area contributed by atoms with Crippen LogP contribution in [0.2, 0.25) is 0 Å². The molecule has 0 aromatic heterocycles. The van der Waals surface area contributed by atoms with E-state index in [4.69, 9.17) is 20.3 Å². The van der Waals surface area contributed by atoms with E-state index in [1.165, 1.54) is 43.4 Å². The molecule has 0 fully saturated rings. The predicted octanol–water partition coefficient (Wildman–Crippen LogP) is 2.85. The van der Waals surface area contributed by atoms with E-state index in [2.05, 4.69) is 0 Å². The number of allylic oxidation sites excluding steroid dienone is 2. The van der Waals surface area contributed by atoms with Gasteiger partial charge in [-0.1, -0.05) is 19.9 Å². The summed E-state index contributed by atoms with van der Waals surface area (Å²) < 4.78 is 34.3. The van der Waals surface area contributed by atoms with Crippen molar-refractivity contribution in [1.82, 2.24) is 0 Å². The van der Waals surface area contributed by atoms with E-state index < -0.39 is 27.3 Å². The summed E-state index contributed by atoms with van der Waals surface area (Å²) in [6, 6.07) is 10.6. The minimum absolute atomic E-state index is 0.0695. The summed E-state index contributed by atoms with van der Waals surface area (Å²) in [5.41, 5.74) is 7.78. The van der Waals surface area contributed by atoms with Crippen molar-refractivity contribution >= 4 is 27.5 Å². The van der Waals surface area contributed by atoms with Gasteiger partial charge in [-0.25, -0.2) is 18.4 Å². The standard InChI is InChI=1S/C26H29N3O7S/c1-26(2)12-17-22(18(30)13-26)21(14-5-10-19(35-3)20(11-14)36-4)23(25(31)32)24(27)29(17)15-6-8-16(9-7-15)37(28,33)34/h5-11,21H,12-13,27H2,1-4H3,(H,31,32)(H2,28,33,34). The highest BCUT2D eigenvalue weighted by Crippen LogP contribution is 2.51. The van der Waals surface area contributed by atoms with Gasteiger partial charge < -0.3 is 20.3 Å². The fourth-order valence-corrected chi connectivity index (χ4v) is 5.58. The molecule has 2 aliphatic rings. The van der Waals surface area contributed by atoms with E-state index in [0.29, 0.717) is 40.4 Å². The molecule has 1 aliphatic carbocycles. The molecule has 5 N–H and O–H groups in total. The number of nitrogens with zero attached hydrogens (tertiary/aromatic N) is 1. The van der Waals surface area contributed by atoms with Gasteiger partial charge in [-0.3, -0.25) is 9.69 Å². The maximum Gasteiger partial charge on any atom is 0.336 e. The number of nitrogens with two attached hydrogens (primary N) is 2. The van der Waals surface area contributed by atoms with Crippen LogP contribution >= 0.6 is 0 Å². The minimum atomic E-state index is -3.94. The number of sulfonamides is 1. The fourth-order valence-electron chi connectivity index (χ4n) is 5.07. The number of benzene rings is 2. The Morgan fingerprint density at radius 2 is 1.68 bits per heavy atom. The summed E-state index contributed by atoms with van der Waals surface area (Å²) in [6.45, 7) is 3.91. The molecule has 2 aromatic carbocycles. The van der Waals surface area contributed by atoms with E-state index in [9.17, 15) is 23.1 Å². The normalized spacial score (nSPS) is 19.5. The average molecular weight is 528 g/mol. The number of ketones is 1. The topological polar surface area (TPSA) is 162 Å². The lowest BCUT2D eigenvalue weighted by Gasteiger charge is -2.44. The summed E-state index contributed by atoms with van der Waals surface area (Å²) in [7, 11) is -0.980. The first-order chi connectivity index (χ1) is 17.3. The Labute approximate surface area is 215 Å². The molecule has 11 heteroatoms. The lowest BCUT2D eigenvalue weighted by Crippen LogP contribution is -2.43. The molecule has 4 rings (SSSR count). The monoisotopic (exact) mass is 527 g/mol. The molecule has 0 saturated carbocycles. The molecule has 0 spiro atoms. The van der Waals surface area contributed by atoms with Gasteiger partial charge in [0.1, 0.15) is 5.82 Å². The number of hydrogen-bond acceptors (Lipinski definition) is 8. The van der Waals surface area contributed by atoms with Crippen molar-refractivity contribution < 1.29 is 32.6 Å². The molecule has 1 unspecified atom stereocenters. The van der Waals surface area contributed by atoms with Crippen LogP contribution in [0, 0.1) is 5.41 Å². The van der Waals surface area contributed by atoms with Crippen molar-refractivity contribution in [2.45, 2.75) is 37.5 Å². The van der Waals surface area contributed by atoms with Crippen LogP contribution < -0.4 is 25.2 Å². The van der Waals surface area contributed by atoms with Crippen molar-refractivity contribution in [1.29, 1.82) is 0 Å². The second-order valence-corrected chi connectivity index (χ2v) is 11.4. The van der Waals surface area contributed by atoms with Crippen LogP contribution in [0.3, 0.4) is 0 Å². The van der Waals surface area contributed by atoms with Crippen LogP contribution in [0.4, 0.5) is 5.69 Å². The third-order valence-electron chi connectivity index (χ3n) is 6.66. The highest BCUT2D eigenvalue weighted by molar-refractivity contribution is 7.89. The van der Waals surface area contributed by atoms with Crippen molar-refractivity contribution in [3.63, 3.8) is 0 Å². The van der Waals surface area contributed by atoms with Crippen LogP contribution in [0.25, 0.3) is 0 Å². The molecule has 1 aliphatic heterocycles. The zero-order valence-corrected chi connectivity index (χ0v) is 21.8. The van der Waals surface area contributed by atoms with Gasteiger partial charge >= 0.3 is 5.97 Å². The number of rotatable bonds is 6. The second-order valence-electron chi connectivity index (χ2n) is 9.83. The molecule has 2 aromatic rings. The van der Waals surface area contributed by atoms with Gasteiger partial charge in [0.25, 0.3) is 0 Å². The molecular weight excluding hydrogens is 498 g/mol. The number of ether oxygens (including phenoxy) is 2. The van der Waals surface area contributed by atoms with E-state index in [-0.39, 0.29) is 28.5 Å². The second kappa shape index (κ2) is 9.24. The van der Waals surface area contributed by atoms with Crippen LogP contribution in [-0.4, -0.2) is 39.5 Å². The molecule has 0 radical (unpaired) electrons. The lowest BCUT2D eigenvalue weighted by atomic mass is 9.68. The maximum atomic E-state index is 13.7. The molecule has 1 atom stereocenters. The van der Waals surface area contributed by atoms with Crippen molar-refractivity contribution in [2.24, 2.45) is 16.3 Å². The molecule has 10 nitrogen and oxygen atoms in total. The zero-order valence-electron chi connectivity index (χ0n) is 20.9. The Morgan fingerprint density at radius 3 is 2.22 bits per heavy atom. The third kappa shape index (κ3) is 4.67. The predicted molar refractivity (Wildman–Crippen MR) is 136 cm³/mol.